The summed E-state index contributed by atoms with van der Waals surface area (Å²) in [4.78, 5) is 0. The first-order valence-electron chi connectivity index (χ1n) is 6.13. The van der Waals surface area contributed by atoms with Crippen LogP contribution in [0.2, 0.25) is 0 Å². The van der Waals surface area contributed by atoms with Crippen molar-refractivity contribution in [3.05, 3.63) is 11.6 Å². The Kier molecular flexibility index (Phi) is 3.73. The minimum Gasteiger partial charge on any atom is -0.378 e. The first-order chi connectivity index (χ1) is 8.02. The second-order valence-corrected chi connectivity index (χ2v) is 5.78. The second kappa shape index (κ2) is 4.94. The molecule has 0 N–H and O–H groups in total. The molecule has 1 atom stereocenters. The van der Waals surface area contributed by atoms with Gasteiger partial charge in [0, 0.05) is 18.6 Å². The van der Waals surface area contributed by atoms with E-state index >= 15 is 0 Å². The SMILES string of the molecule is CC(C)(C)n1c(CCl)nnc1CC1CCCO1. The lowest BCUT2D eigenvalue weighted by Gasteiger charge is -2.25. The number of rotatable bonds is 3. The maximum absolute atomic E-state index is 5.91. The molecule has 5 heteroatoms. The molecule has 0 aromatic carbocycles. The number of alkyl halides is 1. The molecule has 1 aromatic heterocycles. The Bertz CT molecular complexity index is 378. The monoisotopic (exact) mass is 257 g/mol. The van der Waals surface area contributed by atoms with Crippen LogP contribution in [0.1, 0.15) is 45.3 Å². The second-order valence-electron chi connectivity index (χ2n) is 5.51. The highest BCUT2D eigenvalue weighted by Crippen LogP contribution is 2.23. The number of hydrogen-bond donors (Lipinski definition) is 0. The van der Waals surface area contributed by atoms with E-state index in [4.69, 9.17) is 16.3 Å². The lowest BCUT2D eigenvalue weighted by atomic mass is 10.1. The van der Waals surface area contributed by atoms with Gasteiger partial charge in [-0.05, 0) is 33.6 Å². The van der Waals surface area contributed by atoms with Crippen molar-refractivity contribution in [1.29, 1.82) is 0 Å². The lowest BCUT2D eigenvalue weighted by Crippen LogP contribution is -2.27. The molecule has 0 radical (unpaired) electrons. The van der Waals surface area contributed by atoms with E-state index in [1.165, 1.54) is 0 Å². The van der Waals surface area contributed by atoms with Gasteiger partial charge in [-0.25, -0.2) is 0 Å². The molecule has 1 aromatic rings. The highest BCUT2D eigenvalue weighted by molar-refractivity contribution is 6.16. The van der Waals surface area contributed by atoms with Gasteiger partial charge in [-0.3, -0.25) is 0 Å². The average molecular weight is 258 g/mol. The molecule has 1 fully saturated rings. The van der Waals surface area contributed by atoms with Crippen molar-refractivity contribution in [2.24, 2.45) is 0 Å². The van der Waals surface area contributed by atoms with Crippen molar-refractivity contribution in [3.63, 3.8) is 0 Å². The van der Waals surface area contributed by atoms with Crippen LogP contribution in [-0.4, -0.2) is 27.5 Å². The molecule has 0 bridgehead atoms. The Hall–Kier alpha value is -0.610. The molecule has 0 saturated carbocycles. The van der Waals surface area contributed by atoms with Crippen LogP contribution < -0.4 is 0 Å². The summed E-state index contributed by atoms with van der Waals surface area (Å²) in [6.07, 6.45) is 3.40. The molecule has 4 nitrogen and oxygen atoms in total. The Morgan fingerprint density at radius 1 is 1.35 bits per heavy atom. The molecular weight excluding hydrogens is 238 g/mol. The third kappa shape index (κ3) is 2.80. The number of aromatic nitrogens is 3. The van der Waals surface area contributed by atoms with Gasteiger partial charge in [0.1, 0.15) is 11.6 Å². The summed E-state index contributed by atoms with van der Waals surface area (Å²) in [5.74, 6) is 2.22. The van der Waals surface area contributed by atoms with E-state index in [0.29, 0.717) is 12.0 Å². The minimum atomic E-state index is -0.0400. The van der Waals surface area contributed by atoms with Crippen LogP contribution in [0.5, 0.6) is 0 Å². The van der Waals surface area contributed by atoms with E-state index in [9.17, 15) is 0 Å². The van der Waals surface area contributed by atoms with Crippen LogP contribution >= 0.6 is 11.6 Å². The molecule has 2 rings (SSSR count). The Morgan fingerprint density at radius 3 is 2.59 bits per heavy atom. The predicted molar refractivity (Wildman–Crippen MR) is 67.3 cm³/mol. The summed E-state index contributed by atoms with van der Waals surface area (Å²) >= 11 is 5.91. The van der Waals surface area contributed by atoms with E-state index in [-0.39, 0.29) is 5.54 Å². The molecule has 0 aliphatic carbocycles. The normalized spacial score (nSPS) is 21.1. The van der Waals surface area contributed by atoms with Crippen molar-refractivity contribution < 1.29 is 4.74 Å². The van der Waals surface area contributed by atoms with E-state index in [2.05, 4.69) is 35.5 Å². The maximum atomic E-state index is 5.91. The average Bonchev–Trinajstić information content (AvgIpc) is 2.85. The third-order valence-electron chi connectivity index (χ3n) is 3.02. The number of halogens is 1. The third-order valence-corrected chi connectivity index (χ3v) is 3.26. The first-order valence-corrected chi connectivity index (χ1v) is 6.67. The van der Waals surface area contributed by atoms with Gasteiger partial charge in [-0.2, -0.15) is 0 Å². The zero-order valence-corrected chi connectivity index (χ0v) is 11.5. The van der Waals surface area contributed by atoms with E-state index in [1.807, 2.05) is 0 Å². The smallest absolute Gasteiger partial charge is 0.148 e. The van der Waals surface area contributed by atoms with Gasteiger partial charge in [-0.1, -0.05) is 0 Å². The molecule has 0 amide bonds. The topological polar surface area (TPSA) is 39.9 Å². The quantitative estimate of drug-likeness (QED) is 0.781. The molecule has 1 aliphatic rings. The van der Waals surface area contributed by atoms with Crippen molar-refractivity contribution in [1.82, 2.24) is 14.8 Å². The van der Waals surface area contributed by atoms with Gasteiger partial charge in [0.2, 0.25) is 0 Å². The van der Waals surface area contributed by atoms with Crippen LogP contribution in [0, 0.1) is 0 Å². The molecule has 1 saturated heterocycles. The van der Waals surface area contributed by atoms with Gasteiger partial charge in [0.25, 0.3) is 0 Å². The van der Waals surface area contributed by atoms with Crippen molar-refractivity contribution in [3.8, 4) is 0 Å². The van der Waals surface area contributed by atoms with Crippen LogP contribution in [-0.2, 0) is 22.6 Å². The Morgan fingerprint density at radius 2 is 2.06 bits per heavy atom. The van der Waals surface area contributed by atoms with E-state index < -0.39 is 0 Å². The van der Waals surface area contributed by atoms with E-state index in [0.717, 1.165) is 37.5 Å². The zero-order valence-electron chi connectivity index (χ0n) is 10.7. The van der Waals surface area contributed by atoms with Crippen molar-refractivity contribution in [2.75, 3.05) is 6.61 Å². The Labute approximate surface area is 107 Å². The van der Waals surface area contributed by atoms with Crippen LogP contribution in [0.15, 0.2) is 0 Å². The van der Waals surface area contributed by atoms with Crippen LogP contribution in [0.3, 0.4) is 0 Å². The first kappa shape index (κ1) is 12.8. The molecule has 1 aliphatic heterocycles. The standard InChI is InChI=1S/C12H20ClN3O/c1-12(2,3)16-10(14-15-11(16)8-13)7-9-5-4-6-17-9/h9H,4-8H2,1-3H3. The van der Waals surface area contributed by atoms with Gasteiger partial charge in [0.05, 0.1) is 12.0 Å². The molecule has 17 heavy (non-hydrogen) atoms. The molecule has 1 unspecified atom stereocenters. The van der Waals surface area contributed by atoms with Crippen molar-refractivity contribution in [2.45, 2.75) is 57.6 Å². The molecule has 96 valence electrons. The molecular formula is C12H20ClN3O. The van der Waals surface area contributed by atoms with Gasteiger partial charge in [-0.15, -0.1) is 21.8 Å². The number of hydrogen-bond acceptors (Lipinski definition) is 3. The van der Waals surface area contributed by atoms with Gasteiger partial charge in [0.15, 0.2) is 0 Å². The summed E-state index contributed by atoms with van der Waals surface area (Å²) in [6, 6.07) is 0. The van der Waals surface area contributed by atoms with E-state index in [1.54, 1.807) is 0 Å². The fraction of sp³-hybridized carbons (Fsp3) is 0.833. The summed E-state index contributed by atoms with van der Waals surface area (Å²) in [6.45, 7) is 7.30. The highest BCUT2D eigenvalue weighted by atomic mass is 35.5. The summed E-state index contributed by atoms with van der Waals surface area (Å²) in [5, 5.41) is 8.43. The fourth-order valence-electron chi connectivity index (χ4n) is 2.36. The minimum absolute atomic E-state index is 0.0400. The van der Waals surface area contributed by atoms with Crippen LogP contribution in [0.25, 0.3) is 0 Å². The van der Waals surface area contributed by atoms with Crippen LogP contribution in [0.4, 0.5) is 0 Å². The largest absolute Gasteiger partial charge is 0.378 e. The zero-order chi connectivity index (χ0) is 12.5. The van der Waals surface area contributed by atoms with Gasteiger partial charge < -0.3 is 9.30 Å². The molecule has 0 spiro atoms. The van der Waals surface area contributed by atoms with Gasteiger partial charge >= 0.3 is 0 Å². The summed E-state index contributed by atoms with van der Waals surface area (Å²) in [7, 11) is 0. The maximum Gasteiger partial charge on any atom is 0.148 e. The fourth-order valence-corrected chi connectivity index (χ4v) is 2.53. The summed E-state index contributed by atoms with van der Waals surface area (Å²) in [5.41, 5.74) is -0.0400. The highest BCUT2D eigenvalue weighted by Gasteiger charge is 2.25. The number of ether oxygens (including phenoxy) is 1. The lowest BCUT2D eigenvalue weighted by molar-refractivity contribution is 0.108. The molecule has 2 heterocycles. The Balaban J connectivity index is 2.23. The summed E-state index contributed by atoms with van der Waals surface area (Å²) < 4.78 is 7.79. The predicted octanol–water partition coefficient (Wildman–Crippen LogP) is 2.49. The number of nitrogens with zero attached hydrogens (tertiary/aromatic N) is 3. The van der Waals surface area contributed by atoms with Crippen molar-refractivity contribution >= 4 is 11.6 Å².